The SMILES string of the molecule is CC[C@H](C)Sc1cc(C)nc2c(-c3ccc(Cl)cc3)c(C)nn12. The molecule has 0 fully saturated rings. The number of hydrogen-bond donors (Lipinski definition) is 0. The van der Waals surface area contributed by atoms with Gasteiger partial charge in [-0.15, -0.1) is 11.8 Å². The van der Waals surface area contributed by atoms with Crippen molar-refractivity contribution in [3.05, 3.63) is 46.7 Å². The van der Waals surface area contributed by atoms with Crippen LogP contribution in [0.3, 0.4) is 0 Å². The van der Waals surface area contributed by atoms with Gasteiger partial charge in [0, 0.05) is 21.5 Å². The quantitative estimate of drug-likeness (QED) is 0.458. The lowest BCUT2D eigenvalue weighted by molar-refractivity contribution is 0.812. The summed E-state index contributed by atoms with van der Waals surface area (Å²) in [5.41, 5.74) is 5.08. The average Bonchev–Trinajstić information content (AvgIpc) is 2.84. The van der Waals surface area contributed by atoms with Gasteiger partial charge in [0.25, 0.3) is 0 Å². The van der Waals surface area contributed by atoms with E-state index < -0.39 is 0 Å². The number of rotatable bonds is 4. The first-order valence-electron chi connectivity index (χ1n) is 7.79. The van der Waals surface area contributed by atoms with Crippen molar-refractivity contribution < 1.29 is 0 Å². The highest BCUT2D eigenvalue weighted by molar-refractivity contribution is 7.99. The maximum atomic E-state index is 6.01. The second-order valence-electron chi connectivity index (χ2n) is 5.78. The van der Waals surface area contributed by atoms with Crippen LogP contribution in [0.25, 0.3) is 16.8 Å². The molecule has 0 spiro atoms. The summed E-state index contributed by atoms with van der Waals surface area (Å²) in [6, 6.07) is 9.98. The van der Waals surface area contributed by atoms with E-state index in [9.17, 15) is 0 Å². The fraction of sp³-hybridized carbons (Fsp3) is 0.333. The minimum atomic E-state index is 0.545. The Bertz CT molecular complexity index is 840. The number of thioether (sulfide) groups is 1. The van der Waals surface area contributed by atoms with Crippen molar-refractivity contribution in [1.82, 2.24) is 14.6 Å². The van der Waals surface area contributed by atoms with E-state index in [4.69, 9.17) is 21.7 Å². The Labute approximate surface area is 146 Å². The fourth-order valence-corrected chi connectivity index (χ4v) is 3.71. The van der Waals surface area contributed by atoms with Gasteiger partial charge in [-0.2, -0.15) is 5.10 Å². The number of fused-ring (bicyclic) bond motifs is 1. The van der Waals surface area contributed by atoms with Crippen LogP contribution < -0.4 is 0 Å². The van der Waals surface area contributed by atoms with Crippen molar-refractivity contribution in [3.8, 4) is 11.1 Å². The van der Waals surface area contributed by atoms with E-state index in [2.05, 4.69) is 19.9 Å². The van der Waals surface area contributed by atoms with Crippen molar-refractivity contribution >= 4 is 29.0 Å². The lowest BCUT2D eigenvalue weighted by Crippen LogP contribution is -2.01. The Morgan fingerprint density at radius 1 is 1.22 bits per heavy atom. The minimum Gasteiger partial charge on any atom is -0.233 e. The summed E-state index contributed by atoms with van der Waals surface area (Å²) in [5.74, 6) is 0. The highest BCUT2D eigenvalue weighted by Crippen LogP contribution is 2.32. The molecular weight excluding hydrogens is 326 g/mol. The Balaban J connectivity index is 2.20. The zero-order valence-corrected chi connectivity index (χ0v) is 15.4. The molecule has 0 unspecified atom stereocenters. The number of aryl methyl sites for hydroxylation is 2. The molecule has 1 aromatic carbocycles. The molecule has 0 N–H and O–H groups in total. The molecule has 0 saturated heterocycles. The molecule has 1 atom stereocenters. The van der Waals surface area contributed by atoms with Gasteiger partial charge in [-0.3, -0.25) is 0 Å². The minimum absolute atomic E-state index is 0.545. The molecule has 3 rings (SSSR count). The molecule has 2 heterocycles. The van der Waals surface area contributed by atoms with E-state index >= 15 is 0 Å². The number of hydrogen-bond acceptors (Lipinski definition) is 3. The molecule has 0 radical (unpaired) electrons. The second-order valence-corrected chi connectivity index (χ2v) is 7.67. The first-order valence-corrected chi connectivity index (χ1v) is 9.05. The summed E-state index contributed by atoms with van der Waals surface area (Å²) in [7, 11) is 0. The van der Waals surface area contributed by atoms with Crippen LogP contribution in [0.5, 0.6) is 0 Å². The van der Waals surface area contributed by atoms with E-state index in [0.717, 1.165) is 44.6 Å². The molecule has 0 aliphatic carbocycles. The summed E-state index contributed by atoms with van der Waals surface area (Å²) in [4.78, 5) is 4.74. The Morgan fingerprint density at radius 2 is 1.91 bits per heavy atom. The highest BCUT2D eigenvalue weighted by Gasteiger charge is 2.17. The molecule has 2 aromatic heterocycles. The molecule has 3 nitrogen and oxygen atoms in total. The smallest absolute Gasteiger partial charge is 0.164 e. The zero-order valence-electron chi connectivity index (χ0n) is 13.8. The molecule has 0 amide bonds. The summed E-state index contributed by atoms with van der Waals surface area (Å²) < 4.78 is 1.98. The molecule has 0 aliphatic rings. The first-order chi connectivity index (χ1) is 11.0. The normalized spacial score (nSPS) is 12.7. The second kappa shape index (κ2) is 6.54. The third kappa shape index (κ3) is 3.24. The summed E-state index contributed by atoms with van der Waals surface area (Å²) in [6.45, 7) is 8.51. The van der Waals surface area contributed by atoms with Gasteiger partial charge in [0.15, 0.2) is 5.65 Å². The van der Waals surface area contributed by atoms with Gasteiger partial charge in [0.05, 0.1) is 5.69 Å². The van der Waals surface area contributed by atoms with Crippen LogP contribution in [0.15, 0.2) is 35.4 Å². The Morgan fingerprint density at radius 3 is 2.57 bits per heavy atom. The summed E-state index contributed by atoms with van der Waals surface area (Å²) in [5, 5.41) is 7.17. The highest BCUT2D eigenvalue weighted by atomic mass is 35.5. The van der Waals surface area contributed by atoms with E-state index in [1.807, 2.05) is 54.4 Å². The predicted octanol–water partition coefficient (Wildman–Crippen LogP) is 5.56. The number of benzene rings is 1. The van der Waals surface area contributed by atoms with Gasteiger partial charge in [0.1, 0.15) is 5.03 Å². The van der Waals surface area contributed by atoms with Crippen molar-refractivity contribution in [2.75, 3.05) is 0 Å². The molecule has 0 bridgehead atoms. The Kier molecular flexibility index (Phi) is 4.64. The zero-order chi connectivity index (χ0) is 16.6. The number of aromatic nitrogens is 3. The van der Waals surface area contributed by atoms with Crippen LogP contribution >= 0.6 is 23.4 Å². The van der Waals surface area contributed by atoms with E-state index in [1.165, 1.54) is 0 Å². The molecule has 120 valence electrons. The largest absolute Gasteiger partial charge is 0.233 e. The monoisotopic (exact) mass is 345 g/mol. The Hall–Kier alpha value is -1.52. The van der Waals surface area contributed by atoms with Gasteiger partial charge in [0.2, 0.25) is 0 Å². The molecule has 0 aliphatic heterocycles. The summed E-state index contributed by atoms with van der Waals surface area (Å²) >= 11 is 7.86. The third-order valence-electron chi connectivity index (χ3n) is 3.89. The van der Waals surface area contributed by atoms with Crippen LogP contribution in [0, 0.1) is 13.8 Å². The topological polar surface area (TPSA) is 30.2 Å². The maximum Gasteiger partial charge on any atom is 0.164 e. The van der Waals surface area contributed by atoms with Gasteiger partial charge in [-0.05, 0) is 44.0 Å². The van der Waals surface area contributed by atoms with Gasteiger partial charge < -0.3 is 0 Å². The van der Waals surface area contributed by atoms with Crippen molar-refractivity contribution in [2.24, 2.45) is 0 Å². The van der Waals surface area contributed by atoms with Crippen LogP contribution in [0.4, 0.5) is 0 Å². The van der Waals surface area contributed by atoms with Crippen LogP contribution in [0.1, 0.15) is 31.7 Å². The van der Waals surface area contributed by atoms with E-state index in [0.29, 0.717) is 5.25 Å². The van der Waals surface area contributed by atoms with Crippen LogP contribution in [0.2, 0.25) is 5.02 Å². The molecule has 23 heavy (non-hydrogen) atoms. The van der Waals surface area contributed by atoms with E-state index in [-0.39, 0.29) is 0 Å². The third-order valence-corrected chi connectivity index (χ3v) is 5.41. The lowest BCUT2D eigenvalue weighted by atomic mass is 10.1. The first kappa shape index (κ1) is 16.3. The maximum absolute atomic E-state index is 6.01. The molecule has 3 aromatic rings. The average molecular weight is 346 g/mol. The molecule has 5 heteroatoms. The van der Waals surface area contributed by atoms with Gasteiger partial charge >= 0.3 is 0 Å². The lowest BCUT2D eigenvalue weighted by Gasteiger charge is -2.10. The van der Waals surface area contributed by atoms with Gasteiger partial charge in [-0.1, -0.05) is 37.6 Å². The molecule has 0 saturated carbocycles. The summed E-state index contributed by atoms with van der Waals surface area (Å²) in [6.07, 6.45) is 1.12. The van der Waals surface area contributed by atoms with Crippen LogP contribution in [-0.4, -0.2) is 19.8 Å². The van der Waals surface area contributed by atoms with Crippen molar-refractivity contribution in [3.63, 3.8) is 0 Å². The number of nitrogens with zero attached hydrogens (tertiary/aromatic N) is 3. The van der Waals surface area contributed by atoms with Crippen molar-refractivity contribution in [2.45, 2.75) is 44.4 Å². The van der Waals surface area contributed by atoms with Gasteiger partial charge in [-0.25, -0.2) is 9.50 Å². The number of halogens is 1. The molecular formula is C18H20ClN3S. The standard InChI is InChI=1S/C18H20ClN3S/c1-5-12(3)23-16-10-11(2)20-18-17(13(4)21-22(16)18)14-6-8-15(19)9-7-14/h6-10,12H,5H2,1-4H3/t12-/m0/s1. The predicted molar refractivity (Wildman–Crippen MR) is 98.5 cm³/mol. The van der Waals surface area contributed by atoms with Crippen LogP contribution in [-0.2, 0) is 0 Å². The fourth-order valence-electron chi connectivity index (χ4n) is 2.54. The van der Waals surface area contributed by atoms with E-state index in [1.54, 1.807) is 0 Å². The van der Waals surface area contributed by atoms with Crippen molar-refractivity contribution in [1.29, 1.82) is 0 Å².